The molecule has 3 rings (SSSR count). The van der Waals surface area contributed by atoms with Crippen LogP contribution in [0.15, 0.2) is 24.4 Å². The predicted molar refractivity (Wildman–Crippen MR) is 92.7 cm³/mol. The molecule has 0 unspecified atom stereocenters. The van der Waals surface area contributed by atoms with Crippen molar-refractivity contribution in [2.24, 2.45) is 0 Å². The zero-order valence-corrected chi connectivity index (χ0v) is 14.2. The molecule has 2 N–H and O–H groups in total. The molecule has 23 heavy (non-hydrogen) atoms. The molecule has 0 fully saturated rings. The van der Waals surface area contributed by atoms with Gasteiger partial charge in [0, 0.05) is 36.5 Å². The standard InChI is InChI=1S/C17H20N4OS/c1-11-4-3-5-14-17(11)13(10-19-14)6-7-15(22)18-9-8-16-21-20-12(2)23-16/h3-5,10,19H,6-9H2,1-2H3,(H,18,22). The van der Waals surface area contributed by atoms with E-state index in [9.17, 15) is 4.79 Å². The molecule has 0 saturated carbocycles. The van der Waals surface area contributed by atoms with E-state index in [2.05, 4.69) is 39.6 Å². The number of carbonyl (C=O) groups is 1. The molecule has 120 valence electrons. The Morgan fingerprint density at radius 1 is 1.26 bits per heavy atom. The first kappa shape index (κ1) is 15.7. The van der Waals surface area contributed by atoms with Gasteiger partial charge in [0.2, 0.25) is 5.91 Å². The van der Waals surface area contributed by atoms with Crippen LogP contribution in [0.1, 0.15) is 27.6 Å². The highest BCUT2D eigenvalue weighted by Gasteiger charge is 2.09. The number of fused-ring (bicyclic) bond motifs is 1. The normalized spacial score (nSPS) is 11.0. The summed E-state index contributed by atoms with van der Waals surface area (Å²) in [6.07, 6.45) is 3.99. The topological polar surface area (TPSA) is 70.7 Å². The monoisotopic (exact) mass is 328 g/mol. The average Bonchev–Trinajstić information content (AvgIpc) is 3.12. The molecule has 2 aromatic heterocycles. The average molecular weight is 328 g/mol. The summed E-state index contributed by atoms with van der Waals surface area (Å²) in [4.78, 5) is 15.3. The number of hydrogen-bond donors (Lipinski definition) is 2. The van der Waals surface area contributed by atoms with Crippen LogP contribution in [-0.4, -0.2) is 27.6 Å². The molecule has 0 atom stereocenters. The summed E-state index contributed by atoms with van der Waals surface area (Å²) in [5, 5.41) is 14.2. The van der Waals surface area contributed by atoms with Crippen LogP contribution < -0.4 is 5.32 Å². The number of benzene rings is 1. The Labute approximate surface area is 139 Å². The van der Waals surface area contributed by atoms with Crippen molar-refractivity contribution in [3.63, 3.8) is 0 Å². The van der Waals surface area contributed by atoms with E-state index in [1.165, 1.54) is 16.5 Å². The summed E-state index contributed by atoms with van der Waals surface area (Å²) in [7, 11) is 0. The first-order valence-corrected chi connectivity index (χ1v) is 8.56. The van der Waals surface area contributed by atoms with Crippen molar-refractivity contribution >= 4 is 28.1 Å². The van der Waals surface area contributed by atoms with Gasteiger partial charge in [0.1, 0.15) is 10.0 Å². The largest absolute Gasteiger partial charge is 0.361 e. The van der Waals surface area contributed by atoms with Crippen LogP contribution in [0.3, 0.4) is 0 Å². The first-order valence-electron chi connectivity index (χ1n) is 7.75. The van der Waals surface area contributed by atoms with Crippen LogP contribution in [0.25, 0.3) is 10.9 Å². The number of nitrogens with zero attached hydrogens (tertiary/aromatic N) is 2. The number of amides is 1. The third-order valence-electron chi connectivity index (χ3n) is 3.85. The van der Waals surface area contributed by atoms with Gasteiger partial charge in [-0.25, -0.2) is 0 Å². The molecule has 0 aliphatic carbocycles. The molecule has 0 radical (unpaired) electrons. The minimum atomic E-state index is 0.0779. The summed E-state index contributed by atoms with van der Waals surface area (Å²) >= 11 is 1.58. The number of H-pyrrole nitrogens is 1. The molecule has 3 aromatic rings. The molecule has 5 nitrogen and oxygen atoms in total. The predicted octanol–water partition coefficient (Wildman–Crippen LogP) is 2.93. The molecular weight excluding hydrogens is 308 g/mol. The SMILES string of the molecule is Cc1nnc(CCNC(=O)CCc2c[nH]c3cccc(C)c23)s1. The molecule has 6 heteroatoms. The lowest BCUT2D eigenvalue weighted by atomic mass is 10.0. The number of hydrogen-bond acceptors (Lipinski definition) is 4. The minimum Gasteiger partial charge on any atom is -0.361 e. The van der Waals surface area contributed by atoms with Crippen LogP contribution in [0.5, 0.6) is 0 Å². The number of carbonyl (C=O) groups excluding carboxylic acids is 1. The number of rotatable bonds is 6. The highest BCUT2D eigenvalue weighted by atomic mass is 32.1. The summed E-state index contributed by atoms with van der Waals surface area (Å²) in [5.74, 6) is 0.0779. The summed E-state index contributed by atoms with van der Waals surface area (Å²) in [6, 6.07) is 6.21. The van der Waals surface area contributed by atoms with E-state index in [1.807, 2.05) is 19.2 Å². The Balaban J connectivity index is 1.50. The van der Waals surface area contributed by atoms with Crippen molar-refractivity contribution in [2.45, 2.75) is 33.1 Å². The van der Waals surface area contributed by atoms with Gasteiger partial charge in [0.05, 0.1) is 0 Å². The smallest absolute Gasteiger partial charge is 0.220 e. The number of aryl methyl sites for hydroxylation is 3. The van der Waals surface area contributed by atoms with Gasteiger partial charge in [0.15, 0.2) is 0 Å². The first-order chi connectivity index (χ1) is 11.1. The van der Waals surface area contributed by atoms with Gasteiger partial charge in [-0.2, -0.15) is 0 Å². The number of nitrogens with one attached hydrogen (secondary N) is 2. The fourth-order valence-electron chi connectivity index (χ4n) is 2.73. The summed E-state index contributed by atoms with van der Waals surface area (Å²) in [6.45, 7) is 4.65. The van der Waals surface area contributed by atoms with Crippen LogP contribution in [-0.2, 0) is 17.6 Å². The Bertz CT molecular complexity index is 821. The second-order valence-corrected chi connectivity index (χ2v) is 6.89. The van der Waals surface area contributed by atoms with Gasteiger partial charge in [0.25, 0.3) is 0 Å². The van der Waals surface area contributed by atoms with Crippen LogP contribution in [0.4, 0.5) is 0 Å². The number of aromatic amines is 1. The van der Waals surface area contributed by atoms with Gasteiger partial charge in [-0.15, -0.1) is 21.5 Å². The zero-order valence-electron chi connectivity index (χ0n) is 13.3. The Hall–Kier alpha value is -2.21. The fraction of sp³-hybridized carbons (Fsp3) is 0.353. The minimum absolute atomic E-state index is 0.0779. The van der Waals surface area contributed by atoms with E-state index < -0.39 is 0 Å². The van der Waals surface area contributed by atoms with Crippen molar-refractivity contribution in [1.29, 1.82) is 0 Å². The van der Waals surface area contributed by atoms with Crippen molar-refractivity contribution in [2.75, 3.05) is 6.54 Å². The van der Waals surface area contributed by atoms with Gasteiger partial charge in [-0.1, -0.05) is 12.1 Å². The molecule has 2 heterocycles. The second-order valence-electron chi connectivity index (χ2n) is 5.63. The van der Waals surface area contributed by atoms with Gasteiger partial charge >= 0.3 is 0 Å². The molecule has 1 aromatic carbocycles. The fourth-order valence-corrected chi connectivity index (χ4v) is 3.44. The van der Waals surface area contributed by atoms with Crippen molar-refractivity contribution in [3.8, 4) is 0 Å². The summed E-state index contributed by atoms with van der Waals surface area (Å²) < 4.78 is 0. The quantitative estimate of drug-likeness (QED) is 0.731. The maximum Gasteiger partial charge on any atom is 0.220 e. The third-order valence-corrected chi connectivity index (χ3v) is 4.74. The van der Waals surface area contributed by atoms with Crippen molar-refractivity contribution in [1.82, 2.24) is 20.5 Å². The van der Waals surface area contributed by atoms with E-state index in [4.69, 9.17) is 0 Å². The van der Waals surface area contributed by atoms with E-state index in [0.717, 1.165) is 28.4 Å². The molecule has 0 spiro atoms. The van der Waals surface area contributed by atoms with Crippen molar-refractivity contribution in [3.05, 3.63) is 45.5 Å². The zero-order chi connectivity index (χ0) is 16.2. The van der Waals surface area contributed by atoms with E-state index in [0.29, 0.717) is 13.0 Å². The maximum absolute atomic E-state index is 12.0. The second kappa shape index (κ2) is 6.91. The van der Waals surface area contributed by atoms with Gasteiger partial charge < -0.3 is 10.3 Å². The Morgan fingerprint density at radius 3 is 2.91 bits per heavy atom. The van der Waals surface area contributed by atoms with Crippen LogP contribution >= 0.6 is 11.3 Å². The van der Waals surface area contributed by atoms with Crippen LogP contribution in [0, 0.1) is 13.8 Å². The van der Waals surface area contributed by atoms with Gasteiger partial charge in [-0.3, -0.25) is 4.79 Å². The maximum atomic E-state index is 12.0. The lowest BCUT2D eigenvalue weighted by Crippen LogP contribution is -2.25. The molecule has 0 saturated heterocycles. The lowest BCUT2D eigenvalue weighted by Gasteiger charge is -2.04. The van der Waals surface area contributed by atoms with Crippen LogP contribution in [0.2, 0.25) is 0 Å². The van der Waals surface area contributed by atoms with E-state index in [-0.39, 0.29) is 5.91 Å². The molecule has 0 aliphatic heterocycles. The molecule has 0 aliphatic rings. The lowest BCUT2D eigenvalue weighted by molar-refractivity contribution is -0.121. The van der Waals surface area contributed by atoms with Gasteiger partial charge in [-0.05, 0) is 37.5 Å². The Kier molecular flexibility index (Phi) is 4.71. The number of aromatic nitrogens is 3. The van der Waals surface area contributed by atoms with Crippen molar-refractivity contribution < 1.29 is 4.79 Å². The molecule has 1 amide bonds. The molecule has 0 bridgehead atoms. The van der Waals surface area contributed by atoms with E-state index >= 15 is 0 Å². The summed E-state index contributed by atoms with van der Waals surface area (Å²) in [5.41, 5.74) is 3.57. The Morgan fingerprint density at radius 2 is 2.13 bits per heavy atom. The highest BCUT2D eigenvalue weighted by molar-refractivity contribution is 7.11. The highest BCUT2D eigenvalue weighted by Crippen LogP contribution is 2.23. The third kappa shape index (κ3) is 3.76. The van der Waals surface area contributed by atoms with E-state index in [1.54, 1.807) is 11.3 Å². The molecular formula is C17H20N4OS.